The van der Waals surface area contributed by atoms with Crippen molar-refractivity contribution in [1.29, 1.82) is 0 Å². The van der Waals surface area contributed by atoms with Gasteiger partial charge in [0.05, 0.1) is 0 Å². The van der Waals surface area contributed by atoms with Gasteiger partial charge in [-0.1, -0.05) is 0 Å². The second-order valence-electron chi connectivity index (χ2n) is 7.72. The lowest BCUT2D eigenvalue weighted by Gasteiger charge is -2.28. The van der Waals surface area contributed by atoms with Crippen LogP contribution in [-0.2, 0) is 0 Å². The van der Waals surface area contributed by atoms with Crippen LogP contribution in [-0.4, -0.2) is 40.0 Å². The normalized spacial score (nSPS) is 15.3. The number of halogens is 6. The van der Waals surface area contributed by atoms with Gasteiger partial charge < -0.3 is 10.2 Å². The maximum atomic E-state index is 13.3. The lowest BCUT2D eigenvalue weighted by molar-refractivity contribution is -0.274. The number of hydrogen-bond acceptors (Lipinski definition) is 5. The van der Waals surface area contributed by atoms with Crippen molar-refractivity contribution in [2.24, 2.45) is 0 Å². The zero-order chi connectivity index (χ0) is 23.8. The number of nitrogens with zero attached hydrogens (tertiary/aromatic N) is 4. The summed E-state index contributed by atoms with van der Waals surface area (Å²) in [7, 11) is 0. The lowest BCUT2D eigenvalue weighted by Crippen LogP contribution is -2.43. The first-order valence-electron chi connectivity index (χ1n) is 10.2. The van der Waals surface area contributed by atoms with Crippen molar-refractivity contribution < 1.29 is 26.3 Å². The summed E-state index contributed by atoms with van der Waals surface area (Å²) in [5.41, 5.74) is -0.753. The molecule has 33 heavy (non-hydrogen) atoms. The Morgan fingerprint density at radius 3 is 2.12 bits per heavy atom. The van der Waals surface area contributed by atoms with E-state index in [4.69, 9.17) is 0 Å². The summed E-state index contributed by atoms with van der Waals surface area (Å²) in [5, 5.41) is 2.63. The lowest BCUT2D eigenvalue weighted by atomic mass is 10.1. The summed E-state index contributed by atoms with van der Waals surface area (Å²) in [4.78, 5) is 22.1. The van der Waals surface area contributed by atoms with Crippen molar-refractivity contribution in [2.45, 2.75) is 37.7 Å². The monoisotopic (exact) mass is 471 g/mol. The van der Waals surface area contributed by atoms with Crippen molar-refractivity contribution in [2.75, 3.05) is 23.3 Å². The fourth-order valence-corrected chi connectivity index (χ4v) is 3.86. The number of benzene rings is 1. The van der Waals surface area contributed by atoms with Gasteiger partial charge in [0, 0.05) is 42.1 Å². The quantitative estimate of drug-likeness (QED) is 0.531. The number of piperidine rings is 1. The third-order valence-corrected chi connectivity index (χ3v) is 5.39. The van der Waals surface area contributed by atoms with E-state index in [0.717, 1.165) is 43.9 Å². The molecule has 1 fully saturated rings. The Bertz CT molecular complexity index is 1170. The molecule has 0 radical (unpaired) electrons. The fourth-order valence-electron chi connectivity index (χ4n) is 3.86. The van der Waals surface area contributed by atoms with Gasteiger partial charge in [-0.3, -0.25) is 9.36 Å². The van der Waals surface area contributed by atoms with Crippen molar-refractivity contribution in [3.05, 3.63) is 52.9 Å². The number of aromatic nitrogens is 3. The van der Waals surface area contributed by atoms with Crippen LogP contribution in [0.4, 0.5) is 43.7 Å². The maximum Gasteiger partial charge on any atom is 0.418 e. The molecule has 176 valence electrons. The van der Waals surface area contributed by atoms with Gasteiger partial charge >= 0.3 is 12.4 Å². The number of anilines is 3. The minimum atomic E-state index is -5.75. The topological polar surface area (TPSA) is 63.1 Å². The van der Waals surface area contributed by atoms with Crippen LogP contribution in [0.1, 0.15) is 25.3 Å². The number of fused-ring (bicyclic) bond motifs is 1. The third kappa shape index (κ3) is 4.88. The zero-order valence-corrected chi connectivity index (χ0v) is 17.1. The van der Waals surface area contributed by atoms with Crippen LogP contribution in [0.3, 0.4) is 0 Å². The SMILES string of the molecule is O=c1ccc2cnc(Nc3ccc(N4CCCCC4)cc3)nc2n1C(C(F)(F)F)C(F)(F)F. The molecule has 0 amide bonds. The molecule has 1 N–H and O–H groups in total. The van der Waals surface area contributed by atoms with Gasteiger partial charge in [0.1, 0.15) is 5.65 Å². The first kappa shape index (κ1) is 22.9. The average Bonchev–Trinajstić information content (AvgIpc) is 2.75. The molecule has 0 atom stereocenters. The molecule has 4 rings (SSSR count). The number of rotatable bonds is 4. The molecule has 12 heteroatoms. The predicted octanol–water partition coefficient (Wildman–Crippen LogP) is 5.19. The van der Waals surface area contributed by atoms with Crippen molar-refractivity contribution in [3.8, 4) is 0 Å². The first-order chi connectivity index (χ1) is 15.5. The Kier molecular flexibility index (Phi) is 5.93. The molecule has 0 saturated carbocycles. The van der Waals surface area contributed by atoms with E-state index in [0.29, 0.717) is 11.8 Å². The van der Waals surface area contributed by atoms with Crippen LogP contribution >= 0.6 is 0 Å². The first-order valence-corrected chi connectivity index (χ1v) is 10.2. The summed E-state index contributed by atoms with van der Waals surface area (Å²) in [6.07, 6.45) is -7.05. The molecule has 0 unspecified atom stereocenters. The van der Waals surface area contributed by atoms with Crippen LogP contribution < -0.4 is 15.8 Å². The molecule has 1 aliphatic rings. The van der Waals surface area contributed by atoms with Gasteiger partial charge in [-0.05, 0) is 49.6 Å². The van der Waals surface area contributed by atoms with E-state index in [1.807, 2.05) is 12.1 Å². The second kappa shape index (κ2) is 8.56. The van der Waals surface area contributed by atoms with E-state index in [9.17, 15) is 31.1 Å². The van der Waals surface area contributed by atoms with Crippen molar-refractivity contribution in [1.82, 2.24) is 14.5 Å². The highest BCUT2D eigenvalue weighted by Crippen LogP contribution is 2.43. The number of nitrogens with one attached hydrogen (secondary N) is 1. The molecule has 0 spiro atoms. The molecule has 1 saturated heterocycles. The summed E-state index contributed by atoms with van der Waals surface area (Å²) >= 11 is 0. The number of pyridine rings is 1. The summed E-state index contributed by atoms with van der Waals surface area (Å²) < 4.78 is 79.4. The maximum absolute atomic E-state index is 13.3. The van der Waals surface area contributed by atoms with Crippen molar-refractivity contribution in [3.63, 3.8) is 0 Å². The van der Waals surface area contributed by atoms with Gasteiger partial charge in [0.25, 0.3) is 5.56 Å². The van der Waals surface area contributed by atoms with Crippen LogP contribution in [0.5, 0.6) is 0 Å². The zero-order valence-electron chi connectivity index (χ0n) is 17.1. The molecule has 3 aromatic rings. The van der Waals surface area contributed by atoms with E-state index in [-0.39, 0.29) is 15.9 Å². The Balaban J connectivity index is 1.69. The summed E-state index contributed by atoms with van der Waals surface area (Å²) in [6, 6.07) is 4.81. The molecular weight excluding hydrogens is 452 g/mol. The van der Waals surface area contributed by atoms with E-state index in [1.54, 1.807) is 12.1 Å². The van der Waals surface area contributed by atoms with Gasteiger partial charge in [0.2, 0.25) is 12.0 Å². The van der Waals surface area contributed by atoms with Crippen LogP contribution in [0.15, 0.2) is 47.4 Å². The molecule has 0 bridgehead atoms. The molecule has 6 nitrogen and oxygen atoms in total. The summed E-state index contributed by atoms with van der Waals surface area (Å²) in [5.74, 6) is -0.240. The van der Waals surface area contributed by atoms with Gasteiger partial charge in [-0.15, -0.1) is 0 Å². The molecular formula is C21H19F6N5O. The molecule has 2 aromatic heterocycles. The van der Waals surface area contributed by atoms with Crippen LogP contribution in [0.25, 0.3) is 11.0 Å². The van der Waals surface area contributed by atoms with E-state index in [1.165, 1.54) is 6.42 Å². The van der Waals surface area contributed by atoms with E-state index in [2.05, 4.69) is 20.2 Å². The van der Waals surface area contributed by atoms with Crippen LogP contribution in [0, 0.1) is 0 Å². The number of hydrogen-bond donors (Lipinski definition) is 1. The highest BCUT2D eigenvalue weighted by molar-refractivity contribution is 5.76. The highest BCUT2D eigenvalue weighted by Gasteiger charge is 2.59. The molecule has 0 aliphatic carbocycles. The Hall–Kier alpha value is -3.31. The smallest absolute Gasteiger partial charge is 0.372 e. The largest absolute Gasteiger partial charge is 0.418 e. The van der Waals surface area contributed by atoms with Crippen molar-refractivity contribution >= 4 is 28.4 Å². The molecule has 1 aliphatic heterocycles. The van der Waals surface area contributed by atoms with E-state index < -0.39 is 29.6 Å². The van der Waals surface area contributed by atoms with E-state index >= 15 is 0 Å². The minimum Gasteiger partial charge on any atom is -0.372 e. The summed E-state index contributed by atoms with van der Waals surface area (Å²) in [6.45, 7) is 1.88. The molecule has 3 heterocycles. The second-order valence-corrected chi connectivity index (χ2v) is 7.72. The Morgan fingerprint density at radius 2 is 1.52 bits per heavy atom. The Morgan fingerprint density at radius 1 is 0.879 bits per heavy atom. The minimum absolute atomic E-state index is 0.140. The standard InChI is InChI=1S/C21H19F6N5O/c22-20(23,24)18(21(25,26)27)32-16(33)9-4-13-12-28-19(30-17(13)32)29-14-5-7-15(8-6-14)31-10-2-1-3-11-31/h4-9,12,18H,1-3,10-11H2,(H,28,29,30). The predicted molar refractivity (Wildman–Crippen MR) is 111 cm³/mol. The Labute approximate surface area is 183 Å². The van der Waals surface area contributed by atoms with Gasteiger partial charge in [-0.2, -0.15) is 31.3 Å². The van der Waals surface area contributed by atoms with Gasteiger partial charge in [-0.25, -0.2) is 4.98 Å². The van der Waals surface area contributed by atoms with Crippen LogP contribution in [0.2, 0.25) is 0 Å². The van der Waals surface area contributed by atoms with Gasteiger partial charge in [0.15, 0.2) is 0 Å². The average molecular weight is 471 g/mol. The molecule has 1 aromatic carbocycles. The number of alkyl halides is 6. The third-order valence-electron chi connectivity index (χ3n) is 5.39. The highest BCUT2D eigenvalue weighted by atomic mass is 19.4. The fraction of sp³-hybridized carbons (Fsp3) is 0.381.